The second-order valence-corrected chi connectivity index (χ2v) is 4.20. The van der Waals surface area contributed by atoms with Crippen molar-refractivity contribution in [3.63, 3.8) is 0 Å². The molecule has 1 atom stereocenters. The summed E-state index contributed by atoms with van der Waals surface area (Å²) in [4.78, 5) is 4.52. The zero-order chi connectivity index (χ0) is 11.4. The van der Waals surface area contributed by atoms with Crippen LogP contribution >= 0.6 is 0 Å². The fraction of sp³-hybridized carbons (Fsp3) is 0.267. The van der Waals surface area contributed by atoms with Crippen molar-refractivity contribution < 1.29 is 0 Å². The number of nitrogens with zero attached hydrogens (tertiary/aromatic N) is 1. The van der Waals surface area contributed by atoms with Gasteiger partial charge in [0, 0.05) is 11.6 Å². The van der Waals surface area contributed by atoms with Crippen molar-refractivity contribution >= 4 is 11.9 Å². The highest BCUT2D eigenvalue weighted by atomic mass is 14.8. The van der Waals surface area contributed by atoms with Crippen molar-refractivity contribution in [2.45, 2.75) is 25.2 Å². The van der Waals surface area contributed by atoms with Crippen LogP contribution in [-0.2, 0) is 5.41 Å². The zero-order valence-electron chi connectivity index (χ0n) is 9.69. The molecule has 16 heavy (non-hydrogen) atoms. The van der Waals surface area contributed by atoms with Crippen LogP contribution in [0.5, 0.6) is 0 Å². The van der Waals surface area contributed by atoms with Crippen LogP contribution in [0.15, 0.2) is 54.1 Å². The Hall–Kier alpha value is -1.63. The van der Waals surface area contributed by atoms with E-state index in [9.17, 15) is 0 Å². The first kappa shape index (κ1) is 10.9. The topological polar surface area (TPSA) is 12.4 Å². The fourth-order valence-corrected chi connectivity index (χ4v) is 2.26. The zero-order valence-corrected chi connectivity index (χ0v) is 9.69. The van der Waals surface area contributed by atoms with Gasteiger partial charge in [0.05, 0.1) is 5.69 Å². The molecule has 0 aromatic heterocycles. The van der Waals surface area contributed by atoms with Gasteiger partial charge in [-0.3, -0.25) is 4.99 Å². The quantitative estimate of drug-likeness (QED) is 0.662. The van der Waals surface area contributed by atoms with Crippen molar-refractivity contribution in [3.05, 3.63) is 54.6 Å². The standard InChI is InChI=1S/C15H17N/c1-3-5-11-15(10-4-2)12-16-14-9-7-6-8-13(14)15/h3-9,12H,2,10-11H2,1H3/b5-3+/t15-/m1/s1. The van der Waals surface area contributed by atoms with E-state index in [1.807, 2.05) is 12.1 Å². The number of rotatable bonds is 4. The monoisotopic (exact) mass is 211 g/mol. The molecule has 2 rings (SSSR count). The summed E-state index contributed by atoms with van der Waals surface area (Å²) >= 11 is 0. The lowest BCUT2D eigenvalue weighted by molar-refractivity contribution is 0.616. The largest absolute Gasteiger partial charge is 0.260 e. The van der Waals surface area contributed by atoms with E-state index >= 15 is 0 Å². The minimum Gasteiger partial charge on any atom is -0.260 e. The highest BCUT2D eigenvalue weighted by molar-refractivity contribution is 5.85. The average molecular weight is 211 g/mol. The molecule has 0 aliphatic carbocycles. The smallest absolute Gasteiger partial charge is 0.0667 e. The second-order valence-electron chi connectivity index (χ2n) is 4.20. The SMILES string of the molecule is C=CC[C@@]1(C/C=C/C)C=Nc2ccccc21. The third-order valence-corrected chi connectivity index (χ3v) is 3.12. The Morgan fingerprint density at radius 3 is 2.88 bits per heavy atom. The van der Waals surface area contributed by atoms with Crippen LogP contribution in [-0.4, -0.2) is 6.21 Å². The van der Waals surface area contributed by atoms with Crippen molar-refractivity contribution in [1.29, 1.82) is 0 Å². The predicted octanol–water partition coefficient (Wildman–Crippen LogP) is 4.18. The Balaban J connectivity index is 2.42. The molecule has 0 radical (unpaired) electrons. The number of para-hydroxylation sites is 1. The third kappa shape index (κ3) is 1.73. The molecule has 82 valence electrons. The molecule has 1 aromatic rings. The normalized spacial score (nSPS) is 22.6. The lowest BCUT2D eigenvalue weighted by Gasteiger charge is -2.24. The van der Waals surface area contributed by atoms with E-state index in [2.05, 4.69) is 55.1 Å². The summed E-state index contributed by atoms with van der Waals surface area (Å²) in [5, 5.41) is 0. The third-order valence-electron chi connectivity index (χ3n) is 3.12. The number of allylic oxidation sites excluding steroid dienone is 3. The highest BCUT2D eigenvalue weighted by Crippen LogP contribution is 2.41. The van der Waals surface area contributed by atoms with Crippen LogP contribution in [0.3, 0.4) is 0 Å². The summed E-state index contributed by atoms with van der Waals surface area (Å²) in [5.41, 5.74) is 2.46. The molecule has 0 amide bonds. The maximum Gasteiger partial charge on any atom is 0.0667 e. The van der Waals surface area contributed by atoms with Crippen molar-refractivity contribution in [2.24, 2.45) is 4.99 Å². The first-order chi connectivity index (χ1) is 7.82. The molecule has 1 heterocycles. The minimum atomic E-state index is 0.0326. The molecule has 1 nitrogen and oxygen atoms in total. The molecular weight excluding hydrogens is 194 g/mol. The highest BCUT2D eigenvalue weighted by Gasteiger charge is 2.33. The molecule has 0 fully saturated rings. The van der Waals surface area contributed by atoms with Gasteiger partial charge >= 0.3 is 0 Å². The fourth-order valence-electron chi connectivity index (χ4n) is 2.26. The molecular formula is C15H17N. The predicted molar refractivity (Wildman–Crippen MR) is 70.5 cm³/mol. The molecule has 0 bridgehead atoms. The van der Waals surface area contributed by atoms with E-state index in [4.69, 9.17) is 0 Å². The molecule has 1 aliphatic heterocycles. The first-order valence-electron chi connectivity index (χ1n) is 5.69. The van der Waals surface area contributed by atoms with Gasteiger partial charge in [-0.2, -0.15) is 0 Å². The van der Waals surface area contributed by atoms with Crippen molar-refractivity contribution in [3.8, 4) is 0 Å². The van der Waals surface area contributed by atoms with Gasteiger partial charge in [0.15, 0.2) is 0 Å². The first-order valence-corrected chi connectivity index (χ1v) is 5.69. The number of hydrogen-bond acceptors (Lipinski definition) is 1. The molecule has 1 aromatic carbocycles. The van der Waals surface area contributed by atoms with Crippen LogP contribution in [0.4, 0.5) is 5.69 Å². The van der Waals surface area contributed by atoms with Gasteiger partial charge in [0.2, 0.25) is 0 Å². The summed E-state index contributed by atoms with van der Waals surface area (Å²) < 4.78 is 0. The number of benzene rings is 1. The molecule has 0 unspecified atom stereocenters. The van der Waals surface area contributed by atoms with Gasteiger partial charge in [-0.1, -0.05) is 36.4 Å². The molecule has 0 saturated carbocycles. The summed E-state index contributed by atoms with van der Waals surface area (Å²) in [6.07, 6.45) is 10.3. The summed E-state index contributed by atoms with van der Waals surface area (Å²) in [5.74, 6) is 0. The van der Waals surface area contributed by atoms with Gasteiger partial charge < -0.3 is 0 Å². The Kier molecular flexibility index (Phi) is 3.04. The molecule has 0 spiro atoms. The second kappa shape index (κ2) is 4.48. The maximum atomic E-state index is 4.52. The van der Waals surface area contributed by atoms with E-state index in [1.165, 1.54) is 5.56 Å². The van der Waals surface area contributed by atoms with E-state index < -0.39 is 0 Å². The van der Waals surface area contributed by atoms with Crippen LogP contribution in [0.2, 0.25) is 0 Å². The van der Waals surface area contributed by atoms with Gasteiger partial charge in [0.25, 0.3) is 0 Å². The Labute approximate surface area is 97.2 Å². The average Bonchev–Trinajstić information content (AvgIpc) is 2.68. The van der Waals surface area contributed by atoms with E-state index in [-0.39, 0.29) is 5.41 Å². The maximum absolute atomic E-state index is 4.52. The Bertz CT molecular complexity index is 443. The number of fused-ring (bicyclic) bond motifs is 1. The van der Waals surface area contributed by atoms with E-state index in [1.54, 1.807) is 0 Å². The lowest BCUT2D eigenvalue weighted by Crippen LogP contribution is -2.23. The Morgan fingerprint density at radius 1 is 1.31 bits per heavy atom. The summed E-state index contributed by atoms with van der Waals surface area (Å²) in [7, 11) is 0. The van der Waals surface area contributed by atoms with Crippen LogP contribution in [0.25, 0.3) is 0 Å². The van der Waals surface area contributed by atoms with Crippen molar-refractivity contribution in [1.82, 2.24) is 0 Å². The van der Waals surface area contributed by atoms with Gasteiger partial charge in [0.1, 0.15) is 0 Å². The van der Waals surface area contributed by atoms with Crippen molar-refractivity contribution in [2.75, 3.05) is 0 Å². The minimum absolute atomic E-state index is 0.0326. The van der Waals surface area contributed by atoms with Crippen LogP contribution in [0.1, 0.15) is 25.3 Å². The summed E-state index contributed by atoms with van der Waals surface area (Å²) in [6.45, 7) is 5.92. The van der Waals surface area contributed by atoms with Gasteiger partial charge in [-0.05, 0) is 31.4 Å². The number of aliphatic imine (C=N–C) groups is 1. The van der Waals surface area contributed by atoms with E-state index in [0.29, 0.717) is 0 Å². The lowest BCUT2D eigenvalue weighted by atomic mass is 9.77. The van der Waals surface area contributed by atoms with Gasteiger partial charge in [-0.25, -0.2) is 0 Å². The molecule has 0 N–H and O–H groups in total. The van der Waals surface area contributed by atoms with Crippen LogP contribution in [0, 0.1) is 0 Å². The Morgan fingerprint density at radius 2 is 2.12 bits per heavy atom. The van der Waals surface area contributed by atoms with Gasteiger partial charge in [-0.15, -0.1) is 6.58 Å². The van der Waals surface area contributed by atoms with Crippen LogP contribution < -0.4 is 0 Å². The van der Waals surface area contributed by atoms with E-state index in [0.717, 1.165) is 18.5 Å². The number of hydrogen-bond donors (Lipinski definition) is 0. The molecule has 1 aliphatic rings. The summed E-state index contributed by atoms with van der Waals surface area (Å²) in [6, 6.07) is 8.37. The molecule has 0 saturated heterocycles. The molecule has 1 heteroatoms.